The molecule has 2 heterocycles. The number of amides is 1. The fourth-order valence-electron chi connectivity index (χ4n) is 5.63. The molecule has 0 aliphatic heterocycles. The fraction of sp³-hybridized carbons (Fsp3) is 0.586. The van der Waals surface area contributed by atoms with Crippen LogP contribution in [0.1, 0.15) is 82.8 Å². The lowest BCUT2D eigenvalue weighted by atomic mass is 9.80. The smallest absolute Gasteiger partial charge is 0.433 e. The van der Waals surface area contributed by atoms with Crippen LogP contribution in [0.4, 0.5) is 22.1 Å². The average Bonchev–Trinajstić information content (AvgIpc) is 2.91. The van der Waals surface area contributed by atoms with Gasteiger partial charge in [-0.1, -0.05) is 31.7 Å². The minimum Gasteiger partial charge on any atom is -0.463 e. The molecule has 0 aromatic carbocycles. The molecule has 40 heavy (non-hydrogen) atoms. The summed E-state index contributed by atoms with van der Waals surface area (Å²) >= 11 is 0. The zero-order valence-corrected chi connectivity index (χ0v) is 24.0. The summed E-state index contributed by atoms with van der Waals surface area (Å²) in [5, 5.41) is 12.8. The molecular formula is C29H43N9O2. The maximum absolute atomic E-state index is 11.2. The Balaban J connectivity index is 1.76. The van der Waals surface area contributed by atoms with Gasteiger partial charge in [0.25, 0.3) is 0 Å². The number of nitrogens with zero attached hydrogens (tertiary/aromatic N) is 7. The third-order valence-electron chi connectivity index (χ3n) is 8.37. The van der Waals surface area contributed by atoms with Gasteiger partial charge in [0, 0.05) is 18.8 Å². The Morgan fingerprint density at radius 3 is 2.52 bits per heavy atom. The molecule has 0 bridgehead atoms. The summed E-state index contributed by atoms with van der Waals surface area (Å²) in [6.45, 7) is 9.52. The van der Waals surface area contributed by atoms with Gasteiger partial charge in [-0.05, 0) is 77.3 Å². The van der Waals surface area contributed by atoms with E-state index in [9.17, 15) is 9.90 Å². The van der Waals surface area contributed by atoms with Crippen molar-refractivity contribution in [2.24, 2.45) is 27.6 Å². The zero-order valence-electron chi connectivity index (χ0n) is 24.0. The highest BCUT2D eigenvalue weighted by atomic mass is 16.4. The molecule has 2 aromatic heterocycles. The van der Waals surface area contributed by atoms with E-state index in [-0.39, 0.29) is 23.7 Å². The van der Waals surface area contributed by atoms with Gasteiger partial charge in [0.15, 0.2) is 23.3 Å². The SMILES string of the molecule is C=Nc1nc(/C(N)=N/C(=O)O)nc(N[C@H](C)C2CCC2)c1N(CC1CCCCC1)CN(C)C(C)c1ccccn1. The average molecular weight is 550 g/mol. The Labute approximate surface area is 237 Å². The van der Waals surface area contributed by atoms with Crippen LogP contribution in [-0.4, -0.2) is 69.9 Å². The highest BCUT2D eigenvalue weighted by Crippen LogP contribution is 2.39. The van der Waals surface area contributed by atoms with Crippen molar-refractivity contribution < 1.29 is 9.90 Å². The molecule has 216 valence electrons. The van der Waals surface area contributed by atoms with Crippen LogP contribution in [0.25, 0.3) is 0 Å². The van der Waals surface area contributed by atoms with E-state index >= 15 is 0 Å². The van der Waals surface area contributed by atoms with Gasteiger partial charge in [-0.25, -0.2) is 19.8 Å². The highest BCUT2D eigenvalue weighted by Gasteiger charge is 2.30. The van der Waals surface area contributed by atoms with Gasteiger partial charge < -0.3 is 21.1 Å². The summed E-state index contributed by atoms with van der Waals surface area (Å²) in [6, 6.07) is 6.20. The number of aliphatic imine (C=N–C) groups is 2. The van der Waals surface area contributed by atoms with Crippen molar-refractivity contribution in [3.63, 3.8) is 0 Å². The molecule has 11 nitrogen and oxygen atoms in total. The molecular weight excluding hydrogens is 506 g/mol. The second-order valence-corrected chi connectivity index (χ2v) is 11.2. The van der Waals surface area contributed by atoms with Crippen molar-refractivity contribution in [1.29, 1.82) is 0 Å². The van der Waals surface area contributed by atoms with Gasteiger partial charge in [0.2, 0.25) is 0 Å². The number of hydrogen-bond acceptors (Lipinski definition) is 8. The van der Waals surface area contributed by atoms with Crippen LogP contribution in [0.15, 0.2) is 34.4 Å². The topological polar surface area (TPSA) is 145 Å². The largest absolute Gasteiger partial charge is 0.463 e. The van der Waals surface area contributed by atoms with E-state index < -0.39 is 6.09 Å². The number of pyridine rings is 1. The van der Waals surface area contributed by atoms with Gasteiger partial charge in [0.05, 0.1) is 18.4 Å². The van der Waals surface area contributed by atoms with Crippen LogP contribution in [0.3, 0.4) is 0 Å². The summed E-state index contributed by atoms with van der Waals surface area (Å²) in [7, 11) is 2.09. The molecule has 2 aliphatic rings. The van der Waals surface area contributed by atoms with Crippen molar-refractivity contribution in [3.05, 3.63) is 35.9 Å². The van der Waals surface area contributed by atoms with Gasteiger partial charge in [-0.2, -0.15) is 4.99 Å². The van der Waals surface area contributed by atoms with Crippen LogP contribution >= 0.6 is 0 Å². The fourth-order valence-corrected chi connectivity index (χ4v) is 5.63. The van der Waals surface area contributed by atoms with Crippen molar-refractivity contribution in [2.75, 3.05) is 30.5 Å². The van der Waals surface area contributed by atoms with E-state index in [0.29, 0.717) is 30.1 Å². The minimum absolute atomic E-state index is 0.0182. The predicted octanol–water partition coefficient (Wildman–Crippen LogP) is 5.22. The number of nitrogens with one attached hydrogen (secondary N) is 1. The van der Waals surface area contributed by atoms with Crippen LogP contribution in [-0.2, 0) is 0 Å². The summed E-state index contributed by atoms with van der Waals surface area (Å²) < 4.78 is 0. The normalized spacial score (nSPS) is 18.1. The van der Waals surface area contributed by atoms with Crippen LogP contribution in [0, 0.1) is 11.8 Å². The summed E-state index contributed by atoms with van der Waals surface area (Å²) in [6.07, 6.45) is 10.0. The number of hydrogen-bond donors (Lipinski definition) is 3. The van der Waals surface area contributed by atoms with Crippen LogP contribution in [0.5, 0.6) is 0 Å². The summed E-state index contributed by atoms with van der Waals surface area (Å²) in [4.78, 5) is 37.4. The quantitative estimate of drug-likeness (QED) is 0.184. The first-order valence-electron chi connectivity index (χ1n) is 14.4. The number of rotatable bonds is 12. The Morgan fingerprint density at radius 1 is 1.18 bits per heavy atom. The van der Waals surface area contributed by atoms with Crippen LogP contribution in [0.2, 0.25) is 0 Å². The molecule has 4 rings (SSSR count). The number of anilines is 2. The molecule has 2 atom stereocenters. The summed E-state index contributed by atoms with van der Waals surface area (Å²) in [5.41, 5.74) is 7.74. The Bertz CT molecular complexity index is 1180. The Kier molecular flexibility index (Phi) is 10.0. The third kappa shape index (κ3) is 7.32. The standard InChI is InChI=1S/C29H43N9O2/c1-19(22-13-10-14-22)33-27-24(26(31-3)35-28(36-27)25(30)34-29(39)40)38(17-21-11-6-5-7-12-21)18-37(4)20(2)23-15-8-9-16-32-23/h8-9,15-16,19-22H,3,5-7,10-14,17-18H2,1-2,4H3,(H2,30,34)(H,39,40)(H,33,35,36)/t19-,20?/m1/s1. The van der Waals surface area contributed by atoms with Crippen molar-refractivity contribution >= 4 is 36.0 Å². The second kappa shape index (κ2) is 13.6. The highest BCUT2D eigenvalue weighted by molar-refractivity contribution is 6.01. The maximum Gasteiger partial charge on any atom is 0.433 e. The van der Waals surface area contributed by atoms with E-state index in [2.05, 4.69) is 62.7 Å². The number of carbonyl (C=O) groups is 1. The van der Waals surface area contributed by atoms with Gasteiger partial charge >= 0.3 is 6.09 Å². The van der Waals surface area contributed by atoms with Gasteiger partial charge in [0.1, 0.15) is 5.69 Å². The zero-order chi connectivity index (χ0) is 28.6. The van der Waals surface area contributed by atoms with Crippen molar-refractivity contribution in [2.45, 2.75) is 77.3 Å². The lowest BCUT2D eigenvalue weighted by Gasteiger charge is -2.38. The third-order valence-corrected chi connectivity index (χ3v) is 8.37. The predicted molar refractivity (Wildman–Crippen MR) is 160 cm³/mol. The van der Waals surface area contributed by atoms with Crippen molar-refractivity contribution in [3.8, 4) is 0 Å². The molecule has 2 aliphatic carbocycles. The number of amidine groups is 1. The second-order valence-electron chi connectivity index (χ2n) is 11.2. The summed E-state index contributed by atoms with van der Waals surface area (Å²) in [5.74, 6) is 1.74. The van der Waals surface area contributed by atoms with Crippen LogP contribution < -0.4 is 16.0 Å². The number of aromatic nitrogens is 3. The maximum atomic E-state index is 11.2. The monoisotopic (exact) mass is 549 g/mol. The number of nitrogens with two attached hydrogens (primary N) is 1. The van der Waals surface area contributed by atoms with Gasteiger partial charge in [-0.3, -0.25) is 9.88 Å². The molecule has 0 spiro atoms. The first-order chi connectivity index (χ1) is 19.3. The van der Waals surface area contributed by atoms with E-state index in [1.165, 1.54) is 38.5 Å². The van der Waals surface area contributed by atoms with E-state index in [0.717, 1.165) is 30.8 Å². The van der Waals surface area contributed by atoms with Crippen molar-refractivity contribution in [1.82, 2.24) is 19.9 Å². The first kappa shape index (κ1) is 29.4. The lowest BCUT2D eigenvalue weighted by Crippen LogP contribution is -2.41. The Morgan fingerprint density at radius 2 is 1.93 bits per heavy atom. The molecule has 11 heteroatoms. The minimum atomic E-state index is -1.40. The lowest BCUT2D eigenvalue weighted by molar-refractivity contribution is 0.205. The van der Waals surface area contributed by atoms with Gasteiger partial charge in [-0.15, -0.1) is 0 Å². The molecule has 4 N–H and O–H groups in total. The molecule has 0 saturated heterocycles. The molecule has 2 saturated carbocycles. The molecule has 2 fully saturated rings. The van der Waals surface area contributed by atoms with E-state index in [4.69, 9.17) is 10.7 Å². The molecule has 0 radical (unpaired) electrons. The number of carboxylic acid groups (broad SMARTS) is 1. The first-order valence-corrected chi connectivity index (χ1v) is 14.4. The van der Waals surface area contributed by atoms with E-state index in [1.807, 2.05) is 24.4 Å². The Hall–Kier alpha value is -3.60. The molecule has 2 aromatic rings. The molecule has 1 unspecified atom stereocenters. The van der Waals surface area contributed by atoms with E-state index in [1.54, 1.807) is 0 Å². The molecule has 1 amide bonds.